The molecule has 8 rings (SSSR count). The third-order valence-electron chi connectivity index (χ3n) is 11.7. The molecule has 0 bridgehead atoms. The van der Waals surface area contributed by atoms with Crippen molar-refractivity contribution in [3.8, 4) is 22.3 Å². The van der Waals surface area contributed by atoms with E-state index in [4.69, 9.17) is 62.6 Å². The van der Waals surface area contributed by atoms with Crippen LogP contribution in [-0.2, 0) is 33.5 Å². The number of fused-ring (bicyclic) bond motifs is 6. The summed E-state index contributed by atoms with van der Waals surface area (Å²) in [7, 11) is 27.1. The van der Waals surface area contributed by atoms with Crippen LogP contribution in [0.15, 0.2) is 155 Å². The summed E-state index contributed by atoms with van der Waals surface area (Å²) >= 11 is 0. The van der Waals surface area contributed by atoms with E-state index in [0.29, 0.717) is 5.71 Å². The summed E-state index contributed by atoms with van der Waals surface area (Å²) in [5, 5.41) is 18.4. The number of oxime groups is 2. The molecule has 2 amide bonds. The Kier molecular flexibility index (Phi) is 25.3. The molecule has 2 N–H and O–H groups in total. The first-order valence-electron chi connectivity index (χ1n) is 24.5. The van der Waals surface area contributed by atoms with Crippen LogP contribution in [0.25, 0.3) is 22.3 Å². The van der Waals surface area contributed by atoms with Crippen LogP contribution in [-0.4, -0.2) is 169 Å². The zero-order valence-electron chi connectivity index (χ0n) is 45.8. The normalized spacial score (nSPS) is 16.3. The van der Waals surface area contributed by atoms with Gasteiger partial charge in [-0.2, -0.15) is 0 Å². The number of aliphatic carboxylic acids is 1. The number of rotatable bonds is 8. The van der Waals surface area contributed by atoms with Gasteiger partial charge in [-0.15, -0.1) is 0 Å². The maximum atomic E-state index is 12.6. The van der Waals surface area contributed by atoms with Crippen LogP contribution in [0, 0.1) is 0 Å². The number of nitrogens with zero attached hydrogens (tertiary/aromatic N) is 4. The van der Waals surface area contributed by atoms with E-state index in [0.717, 1.165) is 50.2 Å². The quantitative estimate of drug-likeness (QED) is 0.0772. The number of hydrogen-bond donors (Lipinski definition) is 1. The molecule has 4 aromatic carbocycles. The molecule has 0 aromatic heterocycles. The van der Waals surface area contributed by atoms with Crippen LogP contribution >= 0.6 is 0 Å². The van der Waals surface area contributed by atoms with Gasteiger partial charge in [-0.25, -0.2) is 19.2 Å². The molecule has 0 spiro atoms. The third kappa shape index (κ3) is 18.2. The summed E-state index contributed by atoms with van der Waals surface area (Å²) in [6, 6.07) is 30.2. The van der Waals surface area contributed by atoms with E-state index in [9.17, 15) is 24.3 Å². The Morgan fingerprint density at radius 1 is 0.570 bits per heavy atom. The van der Waals surface area contributed by atoms with Crippen molar-refractivity contribution in [2.24, 2.45) is 10.3 Å². The van der Waals surface area contributed by atoms with Crippen LogP contribution in [0.5, 0.6) is 0 Å². The van der Waals surface area contributed by atoms with E-state index < -0.39 is 78.8 Å². The molecule has 386 valence electrons. The number of esters is 1. The molecular formula is C55H55B8LiN4O11. The standard InChI is InChI=1S/C24H26N2O5.C23H24N2O5.C8H4.B8.Li.H2O/c1-24(2,3)30-23(28)26-14-15(13-20(26)22(27)29-4)31-25-21-18-11-7-5-9-16(18)17-10-6-8-12-19(17)21;1-23(2,3)29-22(28)25-13-14(12-19(25)21(26)27)30-24-20-17-10-6-4-8-15(17)16-9-5-7-11-18(16)20;1-3-5-7-8-6-4-2;1-6(2)8(5)7(3)4;;/h5-12,15,20H,13-14H2,1-4H3;4-11,14,19H,12-13H2,1-3H3,(H,26,27);1-2H2;;;1H2/q;;;;+1;/p-1/t15-,20+;14-,19+;;;;/m11..../s1. The van der Waals surface area contributed by atoms with E-state index in [1.54, 1.807) is 41.5 Å². The molecule has 2 heterocycles. The molecule has 2 aliphatic heterocycles. The van der Waals surface area contributed by atoms with Crippen molar-refractivity contribution in [2.45, 2.75) is 89.9 Å². The van der Waals surface area contributed by atoms with Crippen LogP contribution in [0.4, 0.5) is 9.59 Å². The first-order valence-corrected chi connectivity index (χ1v) is 24.5. The van der Waals surface area contributed by atoms with Crippen LogP contribution in [0.2, 0.25) is 0 Å². The van der Waals surface area contributed by atoms with Crippen molar-refractivity contribution in [1.82, 2.24) is 9.80 Å². The maximum absolute atomic E-state index is 12.6. The Labute approximate surface area is 482 Å². The Morgan fingerprint density at radius 3 is 1.14 bits per heavy atom. The van der Waals surface area contributed by atoms with Crippen molar-refractivity contribution < 1.29 is 72.5 Å². The number of carboxylic acid groups (broad SMARTS) is 1. The van der Waals surface area contributed by atoms with Crippen molar-refractivity contribution >= 4 is 93.4 Å². The van der Waals surface area contributed by atoms with E-state index in [1.807, 2.05) is 84.9 Å². The second-order valence-corrected chi connectivity index (χ2v) is 19.7. The molecule has 0 saturated carbocycles. The predicted molar refractivity (Wildman–Crippen MR) is 307 cm³/mol. The number of methoxy groups -OCH3 is 1. The fourth-order valence-electron chi connectivity index (χ4n) is 8.23. The summed E-state index contributed by atoms with van der Waals surface area (Å²) in [5.41, 5.74) is 22.9. The second-order valence-electron chi connectivity index (χ2n) is 19.7. The topological polar surface area (TPSA) is 196 Å². The third-order valence-corrected chi connectivity index (χ3v) is 11.7. The number of amides is 2. The largest absolute Gasteiger partial charge is 1.00 e. The zero-order valence-corrected chi connectivity index (χ0v) is 45.8. The van der Waals surface area contributed by atoms with Gasteiger partial charge in [-0.05, 0) is 99.9 Å². The van der Waals surface area contributed by atoms with Crippen molar-refractivity contribution in [3.05, 3.63) is 167 Å². The van der Waals surface area contributed by atoms with Crippen molar-refractivity contribution in [2.75, 3.05) is 20.2 Å². The summed E-state index contributed by atoms with van der Waals surface area (Å²) in [6.45, 7) is 17.4. The molecule has 4 aliphatic rings. The molecule has 2 aliphatic carbocycles. The number of ether oxygens (including phenoxy) is 3. The van der Waals surface area contributed by atoms with Gasteiger partial charge in [-0.1, -0.05) is 119 Å². The van der Waals surface area contributed by atoms with Gasteiger partial charge >= 0.3 is 43.0 Å². The van der Waals surface area contributed by atoms with Gasteiger partial charge in [0.15, 0.2) is 0 Å². The summed E-state index contributed by atoms with van der Waals surface area (Å²) in [4.78, 5) is 63.2. The minimum absolute atomic E-state index is 0. The number of carbonyl (C=O) groups excluding carboxylic acids is 3. The Morgan fingerprint density at radius 2 is 0.873 bits per heavy atom. The van der Waals surface area contributed by atoms with Gasteiger partial charge in [-0.3, -0.25) is 9.80 Å². The molecule has 10 radical (unpaired) electrons. The molecular weight excluding hydrogens is 986 g/mol. The minimum Gasteiger partial charge on any atom is -0.870 e. The minimum atomic E-state index is -1.09. The van der Waals surface area contributed by atoms with Gasteiger partial charge < -0.3 is 34.5 Å². The molecule has 2 fully saturated rings. The molecule has 79 heavy (non-hydrogen) atoms. The van der Waals surface area contributed by atoms with E-state index >= 15 is 0 Å². The van der Waals surface area contributed by atoms with E-state index in [1.165, 1.54) is 16.9 Å². The Bertz CT molecular complexity index is 2980. The average Bonchev–Trinajstić information content (AvgIpc) is 4.21. The smallest absolute Gasteiger partial charge is 0.870 e. The Hall–Kier alpha value is -7.20. The molecule has 4 atom stereocenters. The van der Waals surface area contributed by atoms with Crippen LogP contribution in [0.1, 0.15) is 76.6 Å². The second kappa shape index (κ2) is 30.2. The van der Waals surface area contributed by atoms with E-state index in [-0.39, 0.29) is 50.3 Å². The summed E-state index contributed by atoms with van der Waals surface area (Å²) < 4.78 is 15.7. The van der Waals surface area contributed by atoms with Gasteiger partial charge in [0.05, 0.1) is 20.2 Å². The zero-order chi connectivity index (χ0) is 56.6. The van der Waals surface area contributed by atoms with Crippen molar-refractivity contribution in [3.63, 3.8) is 0 Å². The number of benzene rings is 4. The molecule has 4 aromatic rings. The summed E-state index contributed by atoms with van der Waals surface area (Å²) in [6.07, 6.45) is -3.57. The molecule has 2 saturated heterocycles. The monoisotopic (exact) mass is 1040 g/mol. The van der Waals surface area contributed by atoms with Gasteiger partial charge in [0.25, 0.3) is 0 Å². The van der Waals surface area contributed by atoms with Gasteiger partial charge in [0.2, 0.25) is 0 Å². The fraction of sp³-hybridized carbons (Fsp3) is 0.309. The SMILES string of the molecule is C=C=C=C=C=C=C=C.CC(C)(C)OC(=O)N1C[C@H](ON=C2c3ccccc3-c3ccccc32)C[C@H]1C(=O)O.COC(=O)[C@@H]1C[C@@H](ON=C2c3ccccc3-c3ccccc32)CN1C(=O)OC(C)(C)C.[B]B([B])B([B])B([B])[B].[Li+].[OH-]. The van der Waals surface area contributed by atoms with Crippen molar-refractivity contribution in [1.29, 1.82) is 0 Å². The first-order chi connectivity index (χ1) is 36.5. The Balaban J connectivity index is 0.000000320. The van der Waals surface area contributed by atoms with Gasteiger partial charge in [0, 0.05) is 92.9 Å². The van der Waals surface area contributed by atoms with Crippen LogP contribution in [0.3, 0.4) is 0 Å². The summed E-state index contributed by atoms with van der Waals surface area (Å²) in [5.74, 6) is -1.59. The number of hydrogen-bond acceptors (Lipinski definition) is 12. The number of carbonyl (C=O) groups is 4. The number of carboxylic acids is 1. The average molecular weight is 1040 g/mol. The maximum Gasteiger partial charge on any atom is 1.00 e. The molecule has 15 nitrogen and oxygen atoms in total. The molecule has 0 unspecified atom stereocenters. The first kappa shape index (κ1) is 66.1. The fourth-order valence-corrected chi connectivity index (χ4v) is 8.23. The van der Waals surface area contributed by atoms with Crippen LogP contribution < -0.4 is 18.9 Å². The number of likely N-dealkylation sites (tertiary alicyclic amines) is 2. The van der Waals surface area contributed by atoms with E-state index in [2.05, 4.69) is 70.0 Å². The molecule has 24 heteroatoms. The van der Waals surface area contributed by atoms with Gasteiger partial charge in [0.1, 0.15) is 46.9 Å². The predicted octanol–water partition coefficient (Wildman–Crippen LogP) is 3.40.